The topological polar surface area (TPSA) is 82.6 Å². The number of alkyl halides is 3. The standard InChI is InChI=1S/C25H19ClF3N3O4/c1-15(24(33)32-20-4-2-3-5-22(20)34-14-25(27,28)29)35-17-7-9-18(10-8-17)36-23-13-30-21-12-16(26)6-11-19(21)31-23/h2-13,15H,14H2,1H3,(H,32,33). The van der Waals surface area contributed by atoms with E-state index in [4.69, 9.17) is 25.8 Å². The first-order chi connectivity index (χ1) is 17.2. The average molecular weight is 518 g/mol. The van der Waals surface area contributed by atoms with Crippen molar-refractivity contribution in [3.63, 3.8) is 0 Å². The molecule has 0 bridgehead atoms. The SMILES string of the molecule is CC(Oc1ccc(Oc2cnc3cc(Cl)ccc3n2)cc1)C(=O)Nc1ccccc1OCC(F)(F)F. The number of benzene rings is 3. The Balaban J connectivity index is 1.35. The maximum absolute atomic E-state index is 12.5. The monoisotopic (exact) mass is 517 g/mol. The van der Waals surface area contributed by atoms with E-state index in [0.29, 0.717) is 27.6 Å². The van der Waals surface area contributed by atoms with Crippen LogP contribution in [0.2, 0.25) is 5.02 Å². The molecular weight excluding hydrogens is 499 g/mol. The van der Waals surface area contributed by atoms with Crippen molar-refractivity contribution >= 4 is 34.2 Å². The van der Waals surface area contributed by atoms with Crippen LogP contribution in [0.5, 0.6) is 23.1 Å². The highest BCUT2D eigenvalue weighted by molar-refractivity contribution is 6.31. The minimum Gasteiger partial charge on any atom is -0.482 e. The van der Waals surface area contributed by atoms with Gasteiger partial charge < -0.3 is 19.5 Å². The van der Waals surface area contributed by atoms with Crippen molar-refractivity contribution in [2.75, 3.05) is 11.9 Å². The minimum atomic E-state index is -4.50. The molecule has 36 heavy (non-hydrogen) atoms. The van der Waals surface area contributed by atoms with E-state index in [9.17, 15) is 18.0 Å². The maximum Gasteiger partial charge on any atom is 0.422 e. The number of nitrogens with zero attached hydrogens (tertiary/aromatic N) is 2. The molecule has 0 fully saturated rings. The molecule has 186 valence electrons. The Labute approximate surface area is 208 Å². The summed E-state index contributed by atoms with van der Waals surface area (Å²) in [7, 11) is 0. The summed E-state index contributed by atoms with van der Waals surface area (Å²) in [4.78, 5) is 21.2. The summed E-state index contributed by atoms with van der Waals surface area (Å²) in [6.45, 7) is 0.0371. The van der Waals surface area contributed by atoms with Crippen molar-refractivity contribution in [1.29, 1.82) is 0 Å². The van der Waals surface area contributed by atoms with Crippen LogP contribution in [0.3, 0.4) is 0 Å². The van der Waals surface area contributed by atoms with Crippen molar-refractivity contribution in [1.82, 2.24) is 9.97 Å². The third-order valence-corrected chi connectivity index (χ3v) is 4.98. The van der Waals surface area contributed by atoms with Crippen molar-refractivity contribution < 1.29 is 32.2 Å². The van der Waals surface area contributed by atoms with Gasteiger partial charge in [-0.3, -0.25) is 4.79 Å². The van der Waals surface area contributed by atoms with Gasteiger partial charge >= 0.3 is 6.18 Å². The summed E-state index contributed by atoms with van der Waals surface area (Å²) < 4.78 is 53.6. The van der Waals surface area contributed by atoms with Gasteiger partial charge in [0, 0.05) is 5.02 Å². The van der Waals surface area contributed by atoms with Gasteiger partial charge in [0.05, 0.1) is 22.9 Å². The van der Waals surface area contributed by atoms with E-state index in [1.807, 2.05) is 0 Å². The van der Waals surface area contributed by atoms with Gasteiger partial charge in [-0.1, -0.05) is 23.7 Å². The first-order valence-electron chi connectivity index (χ1n) is 10.6. The van der Waals surface area contributed by atoms with Crippen molar-refractivity contribution in [2.45, 2.75) is 19.2 Å². The molecule has 1 unspecified atom stereocenters. The van der Waals surface area contributed by atoms with Gasteiger partial charge in [0.15, 0.2) is 12.7 Å². The first kappa shape index (κ1) is 25.1. The van der Waals surface area contributed by atoms with Crippen LogP contribution < -0.4 is 19.5 Å². The van der Waals surface area contributed by atoms with Gasteiger partial charge in [-0.2, -0.15) is 13.2 Å². The average Bonchev–Trinajstić information content (AvgIpc) is 2.84. The quantitative estimate of drug-likeness (QED) is 0.290. The fourth-order valence-electron chi connectivity index (χ4n) is 3.07. The molecule has 0 saturated heterocycles. The molecule has 7 nitrogen and oxygen atoms in total. The van der Waals surface area contributed by atoms with Crippen LogP contribution in [-0.4, -0.2) is 34.8 Å². The number of para-hydroxylation sites is 2. The predicted octanol–water partition coefficient (Wildman–Crippen LogP) is 6.42. The fraction of sp³-hybridized carbons (Fsp3) is 0.160. The molecule has 4 aromatic rings. The van der Waals surface area contributed by atoms with E-state index >= 15 is 0 Å². The number of aromatic nitrogens is 2. The number of anilines is 1. The second-order valence-corrected chi connectivity index (χ2v) is 8.00. The lowest BCUT2D eigenvalue weighted by molar-refractivity contribution is -0.153. The largest absolute Gasteiger partial charge is 0.482 e. The molecular formula is C25H19ClF3N3O4. The summed E-state index contributed by atoms with van der Waals surface area (Å²) in [6.07, 6.45) is -3.98. The molecule has 0 spiro atoms. The van der Waals surface area contributed by atoms with Crippen molar-refractivity contribution in [2.24, 2.45) is 0 Å². The van der Waals surface area contributed by atoms with E-state index in [2.05, 4.69) is 15.3 Å². The van der Waals surface area contributed by atoms with Crippen LogP contribution in [0.15, 0.2) is 72.9 Å². The third kappa shape index (κ3) is 6.76. The highest BCUT2D eigenvalue weighted by Gasteiger charge is 2.29. The second-order valence-electron chi connectivity index (χ2n) is 7.56. The highest BCUT2D eigenvalue weighted by Crippen LogP contribution is 2.28. The predicted molar refractivity (Wildman–Crippen MR) is 128 cm³/mol. The molecule has 0 aliphatic rings. The summed E-state index contributed by atoms with van der Waals surface area (Å²) in [6, 6.07) is 17.5. The molecule has 1 heterocycles. The van der Waals surface area contributed by atoms with Crippen LogP contribution in [0.1, 0.15) is 6.92 Å². The number of hydrogen-bond donors (Lipinski definition) is 1. The van der Waals surface area contributed by atoms with Gasteiger partial charge in [0.1, 0.15) is 17.2 Å². The second kappa shape index (κ2) is 10.7. The lowest BCUT2D eigenvalue weighted by atomic mass is 10.2. The number of rotatable bonds is 8. The van der Waals surface area contributed by atoms with Crippen molar-refractivity contribution in [3.05, 3.63) is 77.9 Å². The highest BCUT2D eigenvalue weighted by atomic mass is 35.5. The van der Waals surface area contributed by atoms with Gasteiger partial charge in [0.2, 0.25) is 5.88 Å². The van der Waals surface area contributed by atoms with E-state index < -0.39 is 24.8 Å². The number of halogens is 4. The molecule has 0 saturated carbocycles. The molecule has 0 aliphatic heterocycles. The Hall–Kier alpha value is -4.05. The third-order valence-electron chi connectivity index (χ3n) is 4.75. The number of fused-ring (bicyclic) bond motifs is 1. The molecule has 11 heteroatoms. The fourth-order valence-corrected chi connectivity index (χ4v) is 3.24. The van der Waals surface area contributed by atoms with Crippen LogP contribution in [-0.2, 0) is 4.79 Å². The number of carbonyl (C=O) groups is 1. The van der Waals surface area contributed by atoms with Gasteiger partial charge in [0.25, 0.3) is 5.91 Å². The van der Waals surface area contributed by atoms with E-state index in [1.54, 1.807) is 48.5 Å². The summed E-state index contributed by atoms with van der Waals surface area (Å²) >= 11 is 5.95. The Bertz CT molecular complexity index is 1370. The lowest BCUT2D eigenvalue weighted by Crippen LogP contribution is -2.30. The molecule has 4 rings (SSSR count). The van der Waals surface area contributed by atoms with E-state index in [-0.39, 0.29) is 17.3 Å². The number of hydrogen-bond acceptors (Lipinski definition) is 6. The van der Waals surface area contributed by atoms with Crippen LogP contribution in [0.25, 0.3) is 11.0 Å². The van der Waals surface area contributed by atoms with Gasteiger partial charge in [-0.25, -0.2) is 9.97 Å². The number of ether oxygens (including phenoxy) is 3. The Morgan fingerprint density at radius 3 is 2.50 bits per heavy atom. The summed E-state index contributed by atoms with van der Waals surface area (Å²) in [5.41, 5.74) is 1.37. The molecule has 1 aromatic heterocycles. The zero-order valence-corrected chi connectivity index (χ0v) is 19.5. The zero-order valence-electron chi connectivity index (χ0n) is 18.8. The Morgan fingerprint density at radius 2 is 1.75 bits per heavy atom. The van der Waals surface area contributed by atoms with Gasteiger partial charge in [-0.15, -0.1) is 0 Å². The van der Waals surface area contributed by atoms with Crippen LogP contribution in [0.4, 0.5) is 18.9 Å². The molecule has 1 N–H and O–H groups in total. The molecule has 1 atom stereocenters. The molecule has 0 aliphatic carbocycles. The molecule has 0 radical (unpaired) electrons. The summed E-state index contributed by atoms with van der Waals surface area (Å²) in [5.74, 6) is 0.475. The number of carbonyl (C=O) groups excluding carboxylic acids is 1. The summed E-state index contributed by atoms with van der Waals surface area (Å²) in [5, 5.41) is 3.08. The maximum atomic E-state index is 12.5. The minimum absolute atomic E-state index is 0.100. The molecule has 3 aromatic carbocycles. The van der Waals surface area contributed by atoms with E-state index in [1.165, 1.54) is 31.3 Å². The normalized spacial score (nSPS) is 12.1. The van der Waals surface area contributed by atoms with Crippen LogP contribution >= 0.6 is 11.6 Å². The van der Waals surface area contributed by atoms with Crippen LogP contribution in [0, 0.1) is 0 Å². The molecule has 1 amide bonds. The van der Waals surface area contributed by atoms with Gasteiger partial charge in [-0.05, 0) is 61.5 Å². The lowest BCUT2D eigenvalue weighted by Gasteiger charge is -2.17. The number of amides is 1. The smallest absolute Gasteiger partial charge is 0.422 e. The Kier molecular flexibility index (Phi) is 7.44. The van der Waals surface area contributed by atoms with E-state index in [0.717, 1.165) is 0 Å². The Morgan fingerprint density at radius 1 is 1.03 bits per heavy atom. The first-order valence-corrected chi connectivity index (χ1v) is 11.0. The zero-order chi connectivity index (χ0) is 25.7. The number of nitrogens with one attached hydrogen (secondary N) is 1. The van der Waals surface area contributed by atoms with Crippen molar-refractivity contribution in [3.8, 4) is 23.1 Å².